The Hall–Kier alpha value is -3.07. The van der Waals surface area contributed by atoms with Crippen LogP contribution in [0.25, 0.3) is 0 Å². The van der Waals surface area contributed by atoms with Crippen LogP contribution in [0.5, 0.6) is 5.75 Å². The third kappa shape index (κ3) is 8.86. The Morgan fingerprint density at radius 3 is 2.19 bits per heavy atom. The smallest absolute Gasteiger partial charge is 0.242 e. The summed E-state index contributed by atoms with van der Waals surface area (Å²) in [5.74, 6) is 0.560. The molecule has 2 rings (SSSR count). The number of carbonyl (C=O) groups excluding carboxylic acids is 2. The predicted octanol–water partition coefficient (Wildman–Crippen LogP) is 3.82. The van der Waals surface area contributed by atoms with Gasteiger partial charge in [0.2, 0.25) is 21.8 Å². The Bertz CT molecular complexity index is 1070. The number of hydrogen-bond donors (Lipinski definition) is 1. The van der Waals surface area contributed by atoms with Crippen LogP contribution in [0.3, 0.4) is 0 Å². The van der Waals surface area contributed by atoms with Gasteiger partial charge < -0.3 is 15.0 Å². The fraction of sp³-hybridized carbons (Fsp3) is 0.481. The molecule has 0 aliphatic heterocycles. The molecule has 36 heavy (non-hydrogen) atoms. The Balaban J connectivity index is 2.17. The number of ether oxygens (including phenoxy) is 1. The van der Waals surface area contributed by atoms with Gasteiger partial charge in [-0.2, -0.15) is 0 Å². The summed E-state index contributed by atoms with van der Waals surface area (Å²) in [6, 6.07) is 15.7. The predicted molar refractivity (Wildman–Crippen MR) is 143 cm³/mol. The van der Waals surface area contributed by atoms with Crippen LogP contribution in [0.2, 0.25) is 0 Å². The molecule has 2 amide bonds. The van der Waals surface area contributed by atoms with E-state index in [4.69, 9.17) is 4.74 Å². The van der Waals surface area contributed by atoms with E-state index in [1.807, 2.05) is 51.1 Å². The average Bonchev–Trinajstić information content (AvgIpc) is 2.85. The van der Waals surface area contributed by atoms with Crippen LogP contribution >= 0.6 is 0 Å². The molecule has 0 radical (unpaired) electrons. The van der Waals surface area contributed by atoms with E-state index in [9.17, 15) is 18.0 Å². The first-order valence-corrected chi connectivity index (χ1v) is 14.1. The van der Waals surface area contributed by atoms with Crippen LogP contribution in [0.15, 0.2) is 54.6 Å². The van der Waals surface area contributed by atoms with Gasteiger partial charge in [0.1, 0.15) is 11.8 Å². The van der Waals surface area contributed by atoms with Gasteiger partial charge in [0.25, 0.3) is 0 Å². The molecule has 1 atom stereocenters. The van der Waals surface area contributed by atoms with Gasteiger partial charge in [-0.05, 0) is 48.6 Å². The summed E-state index contributed by atoms with van der Waals surface area (Å²) in [5, 5.41) is 2.95. The fourth-order valence-electron chi connectivity index (χ4n) is 3.87. The average molecular weight is 518 g/mol. The molecular weight excluding hydrogens is 478 g/mol. The summed E-state index contributed by atoms with van der Waals surface area (Å²) < 4.78 is 31.3. The van der Waals surface area contributed by atoms with E-state index in [1.54, 1.807) is 36.3 Å². The van der Waals surface area contributed by atoms with Gasteiger partial charge in [-0.3, -0.25) is 13.9 Å². The second-order valence-corrected chi connectivity index (χ2v) is 11.1. The van der Waals surface area contributed by atoms with E-state index in [1.165, 1.54) is 4.31 Å². The molecule has 0 heterocycles. The highest BCUT2D eigenvalue weighted by molar-refractivity contribution is 7.92. The summed E-state index contributed by atoms with van der Waals surface area (Å²) in [6.07, 6.45) is 2.05. The largest absolute Gasteiger partial charge is 0.497 e. The summed E-state index contributed by atoms with van der Waals surface area (Å²) in [5.41, 5.74) is 1.43. The highest BCUT2D eigenvalue weighted by Crippen LogP contribution is 2.22. The Morgan fingerprint density at radius 1 is 1.03 bits per heavy atom. The standard InChI is InChI=1S/C27H39N3O5S/c1-6-25(27(32)28-19-21(2)3)29(20-22-11-8-7-9-12-22)26(31)13-10-18-30(36(5,33)34)23-14-16-24(35-4)17-15-23/h7-9,11-12,14-17,21,25H,6,10,13,18-20H2,1-5H3,(H,28,32). The van der Waals surface area contributed by atoms with Crippen LogP contribution in [-0.2, 0) is 26.2 Å². The van der Waals surface area contributed by atoms with E-state index in [2.05, 4.69) is 5.32 Å². The molecule has 9 heteroatoms. The minimum atomic E-state index is -3.55. The lowest BCUT2D eigenvalue weighted by atomic mass is 10.1. The van der Waals surface area contributed by atoms with Crippen molar-refractivity contribution in [1.82, 2.24) is 10.2 Å². The maximum Gasteiger partial charge on any atom is 0.242 e. The molecule has 1 unspecified atom stereocenters. The maximum atomic E-state index is 13.4. The van der Waals surface area contributed by atoms with Crippen molar-refractivity contribution in [1.29, 1.82) is 0 Å². The first kappa shape index (κ1) is 29.2. The third-order valence-electron chi connectivity index (χ3n) is 5.78. The molecule has 1 N–H and O–H groups in total. The van der Waals surface area contributed by atoms with Crippen molar-refractivity contribution in [2.24, 2.45) is 5.92 Å². The minimum Gasteiger partial charge on any atom is -0.497 e. The van der Waals surface area contributed by atoms with Crippen LogP contribution in [-0.4, -0.2) is 57.6 Å². The number of hydrogen-bond acceptors (Lipinski definition) is 5. The van der Waals surface area contributed by atoms with Gasteiger partial charge in [-0.15, -0.1) is 0 Å². The van der Waals surface area contributed by atoms with Crippen molar-refractivity contribution in [3.05, 3.63) is 60.2 Å². The summed E-state index contributed by atoms with van der Waals surface area (Å²) >= 11 is 0. The normalized spacial score (nSPS) is 12.2. The maximum absolute atomic E-state index is 13.4. The first-order valence-electron chi connectivity index (χ1n) is 12.3. The van der Waals surface area contributed by atoms with Crippen molar-refractivity contribution < 1.29 is 22.7 Å². The number of rotatable bonds is 14. The molecule has 0 bridgehead atoms. The van der Waals surface area contributed by atoms with E-state index in [-0.39, 0.29) is 24.8 Å². The van der Waals surface area contributed by atoms with E-state index in [0.717, 1.165) is 11.8 Å². The molecule has 0 aliphatic carbocycles. The molecule has 0 fully saturated rings. The van der Waals surface area contributed by atoms with E-state index in [0.29, 0.717) is 43.3 Å². The number of anilines is 1. The molecule has 0 aliphatic rings. The highest BCUT2D eigenvalue weighted by atomic mass is 32.2. The van der Waals surface area contributed by atoms with Gasteiger partial charge in [-0.25, -0.2) is 8.42 Å². The quantitative estimate of drug-likeness (QED) is 0.411. The molecule has 198 valence electrons. The topological polar surface area (TPSA) is 96.0 Å². The van der Waals surface area contributed by atoms with Crippen LogP contribution in [0, 0.1) is 5.92 Å². The number of methoxy groups -OCH3 is 1. The zero-order valence-corrected chi connectivity index (χ0v) is 22.8. The zero-order valence-electron chi connectivity index (χ0n) is 21.9. The van der Waals surface area contributed by atoms with Gasteiger partial charge in [0.15, 0.2) is 0 Å². The Labute approximate surface area is 215 Å². The molecule has 0 saturated carbocycles. The van der Waals surface area contributed by atoms with Crippen molar-refractivity contribution >= 4 is 27.5 Å². The SMILES string of the molecule is CCC(C(=O)NCC(C)C)N(Cc1ccccc1)C(=O)CCCN(c1ccc(OC)cc1)S(C)(=O)=O. The summed E-state index contributed by atoms with van der Waals surface area (Å²) in [4.78, 5) is 28.0. The lowest BCUT2D eigenvalue weighted by Gasteiger charge is -2.31. The van der Waals surface area contributed by atoms with Crippen LogP contribution in [0.1, 0.15) is 45.6 Å². The minimum absolute atomic E-state index is 0.114. The summed E-state index contributed by atoms with van der Waals surface area (Å²) in [6.45, 7) is 6.91. The van der Waals surface area contributed by atoms with Crippen molar-refractivity contribution in [2.45, 2.75) is 52.6 Å². The first-order chi connectivity index (χ1) is 17.1. The number of benzene rings is 2. The van der Waals surface area contributed by atoms with E-state index >= 15 is 0 Å². The lowest BCUT2D eigenvalue weighted by Crippen LogP contribution is -2.49. The van der Waals surface area contributed by atoms with Crippen molar-refractivity contribution in [3.8, 4) is 5.75 Å². The Morgan fingerprint density at radius 2 is 1.67 bits per heavy atom. The lowest BCUT2D eigenvalue weighted by molar-refractivity contribution is -0.141. The van der Waals surface area contributed by atoms with Crippen LogP contribution in [0.4, 0.5) is 5.69 Å². The molecule has 0 aromatic heterocycles. The van der Waals surface area contributed by atoms with Crippen molar-refractivity contribution in [3.63, 3.8) is 0 Å². The van der Waals surface area contributed by atoms with Gasteiger partial charge in [0.05, 0.1) is 19.1 Å². The van der Waals surface area contributed by atoms with Gasteiger partial charge in [-0.1, -0.05) is 51.1 Å². The Kier molecular flexibility index (Phi) is 11.2. The number of nitrogens with zero attached hydrogens (tertiary/aromatic N) is 2. The molecule has 2 aromatic carbocycles. The molecule has 0 saturated heterocycles. The van der Waals surface area contributed by atoms with Crippen molar-refractivity contribution in [2.75, 3.05) is 30.8 Å². The zero-order chi connectivity index (χ0) is 26.7. The monoisotopic (exact) mass is 517 g/mol. The molecule has 0 spiro atoms. The third-order valence-corrected chi connectivity index (χ3v) is 6.97. The van der Waals surface area contributed by atoms with Crippen LogP contribution < -0.4 is 14.4 Å². The number of nitrogens with one attached hydrogen (secondary N) is 1. The van der Waals surface area contributed by atoms with E-state index < -0.39 is 16.1 Å². The van der Waals surface area contributed by atoms with Gasteiger partial charge in [0, 0.05) is 26.1 Å². The summed E-state index contributed by atoms with van der Waals surface area (Å²) in [7, 11) is -2.01. The number of sulfonamides is 1. The fourth-order valence-corrected chi connectivity index (χ4v) is 4.84. The highest BCUT2D eigenvalue weighted by Gasteiger charge is 2.28. The molecule has 8 nitrogen and oxygen atoms in total. The second-order valence-electron chi connectivity index (χ2n) is 9.21. The van der Waals surface area contributed by atoms with Gasteiger partial charge >= 0.3 is 0 Å². The molecule has 2 aromatic rings. The number of amides is 2. The number of carbonyl (C=O) groups is 2. The second kappa shape index (κ2) is 13.9. The molecular formula is C27H39N3O5S.